The van der Waals surface area contributed by atoms with Crippen LogP contribution in [-0.4, -0.2) is 11.7 Å². The van der Waals surface area contributed by atoms with Gasteiger partial charge in [0.05, 0.1) is 0 Å². The van der Waals surface area contributed by atoms with Gasteiger partial charge in [-0.1, -0.05) is 12.1 Å². The molecule has 0 unspecified atom stereocenters. The summed E-state index contributed by atoms with van der Waals surface area (Å²) in [5.41, 5.74) is 2.89. The van der Waals surface area contributed by atoms with Gasteiger partial charge in [-0.2, -0.15) is 0 Å². The highest BCUT2D eigenvalue weighted by Crippen LogP contribution is 2.17. The van der Waals surface area contributed by atoms with Gasteiger partial charge in [0.1, 0.15) is 5.82 Å². The Bertz CT molecular complexity index is 406. The van der Waals surface area contributed by atoms with Crippen LogP contribution >= 0.6 is 0 Å². The van der Waals surface area contributed by atoms with E-state index in [1.165, 1.54) is 6.07 Å². The van der Waals surface area contributed by atoms with Gasteiger partial charge in [-0.05, 0) is 6.07 Å². The molecule has 0 bridgehead atoms. The quantitative estimate of drug-likeness (QED) is 0.681. The van der Waals surface area contributed by atoms with Crippen LogP contribution in [-0.2, 0) is 0 Å². The molecule has 0 aliphatic heterocycles. The molecule has 0 amide bonds. The fraction of sp³-hybridized carbons (Fsp3) is 0.111. The van der Waals surface area contributed by atoms with Crippen LogP contribution in [0.3, 0.4) is 0 Å². The Balaban J connectivity index is 2.74. The molecular weight excluding hydrogens is 155 g/mol. The molecule has 2 nitrogen and oxygen atoms in total. The van der Waals surface area contributed by atoms with Crippen LogP contribution < -0.4 is 5.43 Å². The van der Waals surface area contributed by atoms with Crippen LogP contribution in [0.4, 0.5) is 4.39 Å². The van der Waals surface area contributed by atoms with Crippen LogP contribution in [0.25, 0.3) is 10.8 Å². The van der Waals surface area contributed by atoms with E-state index in [0.29, 0.717) is 5.39 Å². The summed E-state index contributed by atoms with van der Waals surface area (Å²) >= 11 is 0. The van der Waals surface area contributed by atoms with Crippen molar-refractivity contribution < 1.29 is 4.39 Å². The lowest BCUT2D eigenvalue weighted by atomic mass is 10.2. The Hall–Kier alpha value is -1.51. The zero-order valence-corrected chi connectivity index (χ0v) is 6.71. The first-order valence-corrected chi connectivity index (χ1v) is 3.75. The number of fused-ring (bicyclic) bond motifs is 1. The highest BCUT2D eigenvalue weighted by molar-refractivity contribution is 5.82. The number of nitrogens with zero attached hydrogens (tertiary/aromatic N) is 1. The summed E-state index contributed by atoms with van der Waals surface area (Å²) in [5.74, 6) is -0.179. The molecule has 0 spiro atoms. The molecule has 0 fully saturated rings. The van der Waals surface area contributed by atoms with Gasteiger partial charge in [-0.3, -0.25) is 4.68 Å². The molecule has 2 aromatic rings. The smallest absolute Gasteiger partial charge is 0.132 e. The number of aromatic nitrogens is 1. The lowest BCUT2D eigenvalue weighted by Crippen LogP contribution is -2.04. The van der Waals surface area contributed by atoms with E-state index in [4.69, 9.17) is 0 Å². The third-order valence-corrected chi connectivity index (χ3v) is 1.89. The summed E-state index contributed by atoms with van der Waals surface area (Å²) in [6, 6.07) is 5.05. The van der Waals surface area contributed by atoms with E-state index >= 15 is 0 Å². The summed E-state index contributed by atoms with van der Waals surface area (Å²) in [6.07, 6.45) is 3.57. The molecule has 62 valence electrons. The van der Waals surface area contributed by atoms with Gasteiger partial charge in [0, 0.05) is 30.2 Å². The Labute approximate surface area is 69.6 Å². The van der Waals surface area contributed by atoms with Crippen molar-refractivity contribution in [1.82, 2.24) is 4.68 Å². The average molecular weight is 164 g/mol. The molecule has 1 heterocycles. The zero-order chi connectivity index (χ0) is 8.55. The van der Waals surface area contributed by atoms with E-state index in [9.17, 15) is 4.39 Å². The van der Waals surface area contributed by atoms with Crippen molar-refractivity contribution in [3.63, 3.8) is 0 Å². The van der Waals surface area contributed by atoms with Crippen molar-refractivity contribution >= 4 is 10.8 Å². The highest BCUT2D eigenvalue weighted by Gasteiger charge is 2.01. The minimum Gasteiger partial charge on any atom is -0.329 e. The van der Waals surface area contributed by atoms with Crippen molar-refractivity contribution in [3.05, 3.63) is 36.4 Å². The van der Waals surface area contributed by atoms with E-state index in [-0.39, 0.29) is 5.82 Å². The number of nitrogens with one attached hydrogen (secondary N) is 1. The van der Waals surface area contributed by atoms with E-state index in [1.807, 2.05) is 12.3 Å². The summed E-state index contributed by atoms with van der Waals surface area (Å²) in [6.45, 7) is 0. The number of rotatable bonds is 1. The molecule has 3 heteroatoms. The van der Waals surface area contributed by atoms with Gasteiger partial charge in [0.2, 0.25) is 0 Å². The minimum absolute atomic E-state index is 0.179. The fourth-order valence-electron chi connectivity index (χ4n) is 1.26. The lowest BCUT2D eigenvalue weighted by Gasteiger charge is -1.95. The topological polar surface area (TPSA) is 17.0 Å². The van der Waals surface area contributed by atoms with Crippen LogP contribution in [0.2, 0.25) is 0 Å². The molecule has 1 N–H and O–H groups in total. The number of halogens is 1. The van der Waals surface area contributed by atoms with Gasteiger partial charge in [0.15, 0.2) is 0 Å². The second-order valence-corrected chi connectivity index (χ2v) is 2.63. The standard InChI is InChI=1S/C9H9FN2/c1-11-12-5-7-3-2-4-9(10)8(7)6-12/h2-6,11H,1H3. The first kappa shape index (κ1) is 7.16. The molecule has 1 aromatic heterocycles. The normalized spacial score (nSPS) is 10.5. The molecule has 0 saturated carbocycles. The monoisotopic (exact) mass is 164 g/mol. The Morgan fingerprint density at radius 2 is 2.17 bits per heavy atom. The van der Waals surface area contributed by atoms with Crippen molar-refractivity contribution in [1.29, 1.82) is 0 Å². The van der Waals surface area contributed by atoms with Crippen LogP contribution in [0.15, 0.2) is 30.6 Å². The van der Waals surface area contributed by atoms with Crippen molar-refractivity contribution in [3.8, 4) is 0 Å². The maximum Gasteiger partial charge on any atom is 0.132 e. The third-order valence-electron chi connectivity index (χ3n) is 1.89. The van der Waals surface area contributed by atoms with E-state index in [1.54, 1.807) is 24.0 Å². The molecule has 0 saturated heterocycles. The molecule has 0 aliphatic rings. The number of hydrogen-bond donors (Lipinski definition) is 1. The second kappa shape index (κ2) is 2.52. The Kier molecular flexibility index (Phi) is 1.50. The summed E-state index contributed by atoms with van der Waals surface area (Å²) in [4.78, 5) is 0. The molecule has 0 radical (unpaired) electrons. The summed E-state index contributed by atoms with van der Waals surface area (Å²) < 4.78 is 14.8. The summed E-state index contributed by atoms with van der Waals surface area (Å²) in [5, 5.41) is 1.55. The first-order valence-electron chi connectivity index (χ1n) is 3.75. The Morgan fingerprint density at radius 3 is 2.83 bits per heavy atom. The Morgan fingerprint density at radius 1 is 1.33 bits per heavy atom. The van der Waals surface area contributed by atoms with Crippen LogP contribution in [0.1, 0.15) is 0 Å². The third kappa shape index (κ3) is 0.942. The van der Waals surface area contributed by atoms with Crippen molar-refractivity contribution in [2.75, 3.05) is 12.5 Å². The maximum atomic E-state index is 13.1. The summed E-state index contributed by atoms with van der Waals surface area (Å²) in [7, 11) is 1.79. The molecule has 2 rings (SSSR count). The predicted octanol–water partition coefficient (Wildman–Crippen LogP) is 1.95. The minimum atomic E-state index is -0.179. The van der Waals surface area contributed by atoms with E-state index < -0.39 is 0 Å². The van der Waals surface area contributed by atoms with Gasteiger partial charge in [-0.15, -0.1) is 0 Å². The average Bonchev–Trinajstić information content (AvgIpc) is 2.49. The largest absolute Gasteiger partial charge is 0.329 e. The molecular formula is C9H9FN2. The second-order valence-electron chi connectivity index (χ2n) is 2.63. The van der Waals surface area contributed by atoms with E-state index in [2.05, 4.69) is 5.43 Å². The lowest BCUT2D eigenvalue weighted by molar-refractivity contribution is 0.639. The highest BCUT2D eigenvalue weighted by atomic mass is 19.1. The maximum absolute atomic E-state index is 13.1. The number of hydrogen-bond acceptors (Lipinski definition) is 1. The van der Waals surface area contributed by atoms with Crippen molar-refractivity contribution in [2.24, 2.45) is 0 Å². The van der Waals surface area contributed by atoms with Gasteiger partial charge < -0.3 is 5.43 Å². The van der Waals surface area contributed by atoms with Crippen LogP contribution in [0.5, 0.6) is 0 Å². The number of benzene rings is 1. The van der Waals surface area contributed by atoms with Gasteiger partial charge in [-0.25, -0.2) is 4.39 Å². The SMILES string of the molecule is CNn1cc2cccc(F)c2c1. The van der Waals surface area contributed by atoms with Crippen LogP contribution in [0, 0.1) is 5.82 Å². The van der Waals surface area contributed by atoms with Crippen molar-refractivity contribution in [2.45, 2.75) is 0 Å². The molecule has 0 aliphatic carbocycles. The fourth-order valence-corrected chi connectivity index (χ4v) is 1.26. The van der Waals surface area contributed by atoms with E-state index in [0.717, 1.165) is 5.39 Å². The van der Waals surface area contributed by atoms with Gasteiger partial charge in [0.25, 0.3) is 0 Å². The first-order chi connectivity index (χ1) is 5.81. The molecule has 12 heavy (non-hydrogen) atoms. The van der Waals surface area contributed by atoms with Gasteiger partial charge >= 0.3 is 0 Å². The molecule has 1 aromatic carbocycles. The predicted molar refractivity (Wildman–Crippen MR) is 47.2 cm³/mol. The zero-order valence-electron chi connectivity index (χ0n) is 6.71. The molecule has 0 atom stereocenters.